The molecule has 0 aromatic carbocycles. The number of nitrogens with zero attached hydrogens (tertiary/aromatic N) is 2. The highest BCUT2D eigenvalue weighted by Crippen LogP contribution is 2.43. The molecule has 0 saturated heterocycles. The quantitative estimate of drug-likeness (QED) is 0.774. The van der Waals surface area contributed by atoms with E-state index in [1.54, 1.807) is 0 Å². The summed E-state index contributed by atoms with van der Waals surface area (Å²) >= 11 is 0. The van der Waals surface area contributed by atoms with Gasteiger partial charge in [0.1, 0.15) is 0 Å². The smallest absolute Gasteiger partial charge is 0.219 e. The van der Waals surface area contributed by atoms with Crippen LogP contribution in [0.5, 0.6) is 0 Å². The molecular weight excluding hydrogens is 292 g/mol. The lowest BCUT2D eigenvalue weighted by molar-refractivity contribution is -0.118. The molecule has 2 aliphatic carbocycles. The van der Waals surface area contributed by atoms with Gasteiger partial charge in [0.15, 0.2) is 5.78 Å². The molecule has 0 amide bonds. The van der Waals surface area contributed by atoms with Crippen molar-refractivity contribution in [1.82, 2.24) is 10.3 Å². The van der Waals surface area contributed by atoms with Crippen LogP contribution in [0.2, 0.25) is 0 Å². The van der Waals surface area contributed by atoms with Gasteiger partial charge in [-0.1, -0.05) is 26.0 Å². The maximum atomic E-state index is 12.9. The third-order valence-electron chi connectivity index (χ3n) is 5.06. The molecule has 1 aromatic heterocycles. The molecular formula is C17H22N4O2. The summed E-state index contributed by atoms with van der Waals surface area (Å²) in [7, 11) is 0. The summed E-state index contributed by atoms with van der Waals surface area (Å²) in [6, 6.07) is -0.0285. The molecule has 0 fully saturated rings. The number of carbonyl (C=O) groups excluding carboxylic acids is 1. The number of hydrogen-bond acceptors (Lipinski definition) is 6. The molecule has 6 heteroatoms. The normalized spacial score (nSPS) is 29.2. The van der Waals surface area contributed by atoms with E-state index in [0.717, 1.165) is 37.0 Å². The van der Waals surface area contributed by atoms with Crippen molar-refractivity contribution < 1.29 is 9.42 Å². The van der Waals surface area contributed by atoms with Gasteiger partial charge in [-0.15, -0.1) is 0 Å². The Kier molecular flexibility index (Phi) is 3.28. The fourth-order valence-electron chi connectivity index (χ4n) is 4.01. The van der Waals surface area contributed by atoms with Crippen molar-refractivity contribution in [3.8, 4) is 0 Å². The molecule has 3 aliphatic rings. The molecule has 0 bridgehead atoms. The van der Waals surface area contributed by atoms with Gasteiger partial charge in [-0.05, 0) is 47.3 Å². The van der Waals surface area contributed by atoms with E-state index in [0.29, 0.717) is 24.0 Å². The summed E-state index contributed by atoms with van der Waals surface area (Å²) in [5.41, 5.74) is 1.83. The van der Waals surface area contributed by atoms with Gasteiger partial charge in [-0.25, -0.2) is 4.63 Å². The second kappa shape index (κ2) is 5.22. The predicted octanol–water partition coefficient (Wildman–Crippen LogP) is 3.28. The number of aromatic nitrogens is 2. The van der Waals surface area contributed by atoms with Crippen molar-refractivity contribution in [2.45, 2.75) is 52.0 Å². The number of nitrogens with one attached hydrogen (secondary N) is 2. The number of ketones is 1. The van der Waals surface area contributed by atoms with Crippen LogP contribution in [0, 0.1) is 11.3 Å². The maximum Gasteiger partial charge on any atom is 0.219 e. The first-order valence-electron chi connectivity index (χ1n) is 8.31. The Morgan fingerprint density at radius 1 is 1.22 bits per heavy atom. The van der Waals surface area contributed by atoms with Gasteiger partial charge in [0.2, 0.25) is 11.6 Å². The predicted molar refractivity (Wildman–Crippen MR) is 86.9 cm³/mol. The molecule has 4 rings (SSSR count). The Morgan fingerprint density at radius 2 is 2.04 bits per heavy atom. The lowest BCUT2D eigenvalue weighted by atomic mass is 9.71. The molecule has 0 radical (unpaired) electrons. The van der Waals surface area contributed by atoms with Gasteiger partial charge >= 0.3 is 0 Å². The number of anilines is 2. The first kappa shape index (κ1) is 14.5. The van der Waals surface area contributed by atoms with Crippen LogP contribution >= 0.6 is 0 Å². The fourth-order valence-corrected chi connectivity index (χ4v) is 4.01. The minimum Gasteiger partial charge on any atom is -0.357 e. The van der Waals surface area contributed by atoms with Crippen LogP contribution < -0.4 is 10.6 Å². The zero-order chi connectivity index (χ0) is 16.0. The zero-order valence-electron chi connectivity index (χ0n) is 13.6. The standard InChI is InChI=1S/C17H22N4O2/c1-17(2)8-11-13(12(22)9-17)14(10-6-4-3-5-7-10)19-16-15(18-11)20-23-21-16/h3-4,10,14H,5-9H2,1-2H3,(H,18,20)(H,19,21)/t10-,14-/m0/s1. The van der Waals surface area contributed by atoms with E-state index < -0.39 is 0 Å². The molecule has 2 atom stereocenters. The van der Waals surface area contributed by atoms with Crippen LogP contribution in [-0.4, -0.2) is 22.1 Å². The summed E-state index contributed by atoms with van der Waals surface area (Å²) < 4.78 is 4.87. The Morgan fingerprint density at radius 3 is 2.83 bits per heavy atom. The number of Topliss-reactive ketones (excluding diaryl/α,β-unsaturated/α-hetero) is 1. The Bertz CT molecular complexity index is 701. The second-order valence-corrected chi connectivity index (χ2v) is 7.59. The van der Waals surface area contributed by atoms with Gasteiger partial charge < -0.3 is 10.6 Å². The summed E-state index contributed by atoms with van der Waals surface area (Å²) in [5, 5.41) is 14.6. The van der Waals surface area contributed by atoms with E-state index >= 15 is 0 Å². The Balaban J connectivity index is 1.79. The highest BCUT2D eigenvalue weighted by atomic mass is 16.6. The third-order valence-corrected chi connectivity index (χ3v) is 5.06. The van der Waals surface area contributed by atoms with Crippen LogP contribution in [0.15, 0.2) is 28.1 Å². The molecule has 23 heavy (non-hydrogen) atoms. The first-order valence-corrected chi connectivity index (χ1v) is 8.31. The lowest BCUT2D eigenvalue weighted by Crippen LogP contribution is -2.39. The van der Waals surface area contributed by atoms with E-state index in [4.69, 9.17) is 4.63 Å². The van der Waals surface area contributed by atoms with Crippen LogP contribution in [0.1, 0.15) is 46.0 Å². The zero-order valence-corrected chi connectivity index (χ0v) is 13.6. The number of rotatable bonds is 1. The number of allylic oxidation sites excluding steroid dienone is 3. The van der Waals surface area contributed by atoms with Crippen molar-refractivity contribution in [1.29, 1.82) is 0 Å². The van der Waals surface area contributed by atoms with Crippen molar-refractivity contribution >= 4 is 17.4 Å². The molecule has 1 aliphatic heterocycles. The van der Waals surface area contributed by atoms with E-state index in [-0.39, 0.29) is 17.2 Å². The number of hydrogen-bond donors (Lipinski definition) is 2. The Labute approximate surface area is 135 Å². The number of fused-ring (bicyclic) bond motifs is 1. The average molecular weight is 314 g/mol. The van der Waals surface area contributed by atoms with Gasteiger partial charge in [-0.3, -0.25) is 4.79 Å². The van der Waals surface area contributed by atoms with E-state index in [1.165, 1.54) is 0 Å². The largest absolute Gasteiger partial charge is 0.357 e. The van der Waals surface area contributed by atoms with E-state index in [2.05, 4.69) is 46.9 Å². The molecule has 0 unspecified atom stereocenters. The number of carbonyl (C=O) groups is 1. The SMILES string of the molecule is CC1(C)CC(=O)C2=C(C1)Nc1nonc1N[C@H]2[C@H]1CC=CCC1. The van der Waals surface area contributed by atoms with E-state index in [9.17, 15) is 4.79 Å². The van der Waals surface area contributed by atoms with Gasteiger partial charge in [0.05, 0.1) is 6.04 Å². The van der Waals surface area contributed by atoms with Crippen LogP contribution in [0.3, 0.4) is 0 Å². The first-order chi connectivity index (χ1) is 11.0. The monoisotopic (exact) mass is 314 g/mol. The molecule has 0 saturated carbocycles. The molecule has 2 N–H and O–H groups in total. The molecule has 0 spiro atoms. The van der Waals surface area contributed by atoms with Crippen molar-refractivity contribution in [2.75, 3.05) is 10.6 Å². The van der Waals surface area contributed by atoms with Crippen LogP contribution in [0.25, 0.3) is 0 Å². The molecule has 1 aromatic rings. The summed E-state index contributed by atoms with van der Waals surface area (Å²) in [6.07, 6.45) is 8.96. The molecule has 122 valence electrons. The van der Waals surface area contributed by atoms with Crippen LogP contribution in [-0.2, 0) is 4.79 Å². The highest BCUT2D eigenvalue weighted by Gasteiger charge is 2.41. The topological polar surface area (TPSA) is 80.1 Å². The third kappa shape index (κ3) is 2.56. The lowest BCUT2D eigenvalue weighted by Gasteiger charge is -2.36. The molecule has 6 nitrogen and oxygen atoms in total. The summed E-state index contributed by atoms with van der Waals surface area (Å²) in [5.74, 6) is 1.80. The average Bonchev–Trinajstić information content (AvgIpc) is 2.86. The second-order valence-electron chi connectivity index (χ2n) is 7.59. The summed E-state index contributed by atoms with van der Waals surface area (Å²) in [6.45, 7) is 4.27. The maximum absolute atomic E-state index is 12.9. The van der Waals surface area contributed by atoms with Gasteiger partial charge in [0.25, 0.3) is 0 Å². The van der Waals surface area contributed by atoms with Crippen molar-refractivity contribution in [3.63, 3.8) is 0 Å². The summed E-state index contributed by atoms with van der Waals surface area (Å²) in [4.78, 5) is 12.9. The minimum absolute atomic E-state index is 0.0285. The Hall–Kier alpha value is -2.11. The minimum atomic E-state index is -0.0401. The van der Waals surface area contributed by atoms with E-state index in [1.807, 2.05) is 0 Å². The molecule has 2 heterocycles. The highest BCUT2D eigenvalue weighted by molar-refractivity contribution is 6.00. The van der Waals surface area contributed by atoms with Crippen molar-refractivity contribution in [3.05, 3.63) is 23.4 Å². The van der Waals surface area contributed by atoms with Crippen molar-refractivity contribution in [2.24, 2.45) is 11.3 Å². The van der Waals surface area contributed by atoms with Gasteiger partial charge in [0, 0.05) is 17.7 Å². The van der Waals surface area contributed by atoms with Gasteiger partial charge in [-0.2, -0.15) is 0 Å². The fraction of sp³-hybridized carbons (Fsp3) is 0.588. The van der Waals surface area contributed by atoms with Crippen LogP contribution in [0.4, 0.5) is 11.6 Å².